The molecule has 7 heteroatoms. The number of carbonyl (C=O) groups excluding carboxylic acids is 1. The second-order valence-electron chi connectivity index (χ2n) is 7.06. The highest BCUT2D eigenvalue weighted by Gasteiger charge is 2.11. The molecule has 1 N–H and O–H groups in total. The lowest BCUT2D eigenvalue weighted by molar-refractivity contribution is -0.120. The fourth-order valence-corrected chi connectivity index (χ4v) is 4.26. The van der Waals surface area contributed by atoms with Gasteiger partial charge in [0.25, 0.3) is 5.56 Å². The summed E-state index contributed by atoms with van der Waals surface area (Å²) in [6, 6.07) is 20.5. The predicted molar refractivity (Wildman–Crippen MR) is 124 cm³/mol. The van der Waals surface area contributed by atoms with E-state index in [4.69, 9.17) is 11.6 Å². The number of hydrogen-bond acceptors (Lipinski definition) is 4. The van der Waals surface area contributed by atoms with E-state index in [9.17, 15) is 9.59 Å². The number of amides is 1. The van der Waals surface area contributed by atoms with Crippen LogP contribution in [0.25, 0.3) is 10.6 Å². The van der Waals surface area contributed by atoms with E-state index < -0.39 is 0 Å². The maximum atomic E-state index is 12.3. The first-order valence-corrected chi connectivity index (χ1v) is 11.0. The van der Waals surface area contributed by atoms with Gasteiger partial charge in [-0.1, -0.05) is 60.1 Å². The quantitative estimate of drug-likeness (QED) is 0.450. The van der Waals surface area contributed by atoms with Crippen LogP contribution in [0.3, 0.4) is 0 Å². The summed E-state index contributed by atoms with van der Waals surface area (Å²) in [6.45, 7) is 0.954. The van der Waals surface area contributed by atoms with Crippen LogP contribution in [0.1, 0.15) is 16.8 Å². The number of thiazole rings is 1. The standard InChI is InChI=1S/C24H20ClN3O2S/c25-21-6-2-1-5-20(21)24-27-19(16-31-24)13-22(29)26-14-17-8-10-18(11-9-17)15-28-12-4-3-7-23(28)30/h1-12,16H,13-15H2,(H,26,29). The molecular weight excluding hydrogens is 430 g/mol. The second-order valence-corrected chi connectivity index (χ2v) is 8.33. The molecule has 5 nitrogen and oxygen atoms in total. The summed E-state index contributed by atoms with van der Waals surface area (Å²) >= 11 is 7.70. The molecule has 0 spiro atoms. The lowest BCUT2D eigenvalue weighted by Gasteiger charge is -2.08. The number of halogens is 1. The van der Waals surface area contributed by atoms with Gasteiger partial charge < -0.3 is 9.88 Å². The molecule has 0 radical (unpaired) electrons. The van der Waals surface area contributed by atoms with Crippen LogP contribution in [0, 0.1) is 0 Å². The Morgan fingerprint density at radius 2 is 1.74 bits per heavy atom. The van der Waals surface area contributed by atoms with Crippen molar-refractivity contribution in [1.29, 1.82) is 0 Å². The van der Waals surface area contributed by atoms with Crippen LogP contribution in [0.4, 0.5) is 0 Å². The van der Waals surface area contributed by atoms with Crippen molar-refractivity contribution in [2.24, 2.45) is 0 Å². The molecule has 0 saturated carbocycles. The van der Waals surface area contributed by atoms with Gasteiger partial charge in [-0.15, -0.1) is 11.3 Å². The fourth-order valence-electron chi connectivity index (χ4n) is 3.12. The number of pyridine rings is 1. The Morgan fingerprint density at radius 3 is 2.52 bits per heavy atom. The summed E-state index contributed by atoms with van der Waals surface area (Å²) < 4.78 is 1.65. The van der Waals surface area contributed by atoms with E-state index in [1.54, 1.807) is 22.9 Å². The molecule has 0 unspecified atom stereocenters. The molecule has 0 aliphatic heterocycles. The van der Waals surface area contributed by atoms with Crippen molar-refractivity contribution in [2.45, 2.75) is 19.5 Å². The van der Waals surface area contributed by atoms with Crippen molar-refractivity contribution in [3.8, 4) is 10.6 Å². The summed E-state index contributed by atoms with van der Waals surface area (Å²) in [6.07, 6.45) is 1.99. The van der Waals surface area contributed by atoms with Crippen LogP contribution in [-0.4, -0.2) is 15.5 Å². The summed E-state index contributed by atoms with van der Waals surface area (Å²) in [5.74, 6) is -0.0871. The zero-order valence-corrected chi connectivity index (χ0v) is 18.2. The van der Waals surface area contributed by atoms with Crippen molar-refractivity contribution >= 4 is 28.8 Å². The minimum absolute atomic E-state index is 0.0291. The normalized spacial score (nSPS) is 10.7. The molecule has 31 heavy (non-hydrogen) atoms. The number of aromatic nitrogens is 2. The van der Waals surface area contributed by atoms with Gasteiger partial charge >= 0.3 is 0 Å². The summed E-state index contributed by atoms with van der Waals surface area (Å²) in [7, 11) is 0. The van der Waals surface area contributed by atoms with Gasteiger partial charge in [-0.25, -0.2) is 4.98 Å². The van der Waals surface area contributed by atoms with Gasteiger partial charge in [0.05, 0.1) is 23.7 Å². The fraction of sp³-hybridized carbons (Fsp3) is 0.125. The van der Waals surface area contributed by atoms with Crippen molar-refractivity contribution < 1.29 is 4.79 Å². The first-order chi connectivity index (χ1) is 15.1. The number of rotatable bonds is 7. The van der Waals surface area contributed by atoms with Gasteiger partial charge in [0, 0.05) is 29.8 Å². The van der Waals surface area contributed by atoms with Crippen molar-refractivity contribution in [3.63, 3.8) is 0 Å². The smallest absolute Gasteiger partial charge is 0.250 e. The third-order valence-electron chi connectivity index (χ3n) is 4.76. The first kappa shape index (κ1) is 21.0. The highest BCUT2D eigenvalue weighted by Crippen LogP contribution is 2.30. The van der Waals surface area contributed by atoms with Gasteiger partial charge in [-0.05, 0) is 23.3 Å². The van der Waals surface area contributed by atoms with Gasteiger partial charge in [0.2, 0.25) is 5.91 Å². The third-order valence-corrected chi connectivity index (χ3v) is 6.02. The van der Waals surface area contributed by atoms with E-state index in [-0.39, 0.29) is 17.9 Å². The highest BCUT2D eigenvalue weighted by atomic mass is 35.5. The Morgan fingerprint density at radius 1 is 1.00 bits per heavy atom. The number of nitrogens with one attached hydrogen (secondary N) is 1. The molecule has 2 aromatic carbocycles. The molecule has 0 bridgehead atoms. The monoisotopic (exact) mass is 449 g/mol. The van der Waals surface area contributed by atoms with E-state index in [0.717, 1.165) is 27.4 Å². The molecule has 4 rings (SSSR count). The topological polar surface area (TPSA) is 64.0 Å². The van der Waals surface area contributed by atoms with Crippen LogP contribution in [0.5, 0.6) is 0 Å². The number of hydrogen-bond donors (Lipinski definition) is 1. The molecule has 0 fully saturated rings. The maximum Gasteiger partial charge on any atom is 0.250 e. The Labute approximate surface area is 189 Å². The molecule has 2 aromatic heterocycles. The SMILES string of the molecule is O=C(Cc1csc(-c2ccccc2Cl)n1)NCc1ccc(Cn2ccccc2=O)cc1. The first-order valence-electron chi connectivity index (χ1n) is 9.78. The molecule has 1 amide bonds. The van der Waals surface area contributed by atoms with Gasteiger partial charge in [-0.2, -0.15) is 0 Å². The van der Waals surface area contributed by atoms with Crippen molar-refractivity contribution in [3.05, 3.63) is 111 Å². The minimum Gasteiger partial charge on any atom is -0.352 e. The van der Waals surface area contributed by atoms with Crippen LogP contribution in [-0.2, 0) is 24.3 Å². The molecule has 4 aromatic rings. The zero-order valence-electron chi connectivity index (χ0n) is 16.6. The molecule has 0 aliphatic rings. The van der Waals surface area contributed by atoms with Crippen molar-refractivity contribution in [2.75, 3.05) is 0 Å². The largest absolute Gasteiger partial charge is 0.352 e. The highest BCUT2D eigenvalue weighted by molar-refractivity contribution is 7.13. The number of carbonyl (C=O) groups is 1. The van der Waals surface area contributed by atoms with Gasteiger partial charge in [0.1, 0.15) is 5.01 Å². The lowest BCUT2D eigenvalue weighted by atomic mass is 10.1. The van der Waals surface area contributed by atoms with Crippen LogP contribution >= 0.6 is 22.9 Å². The van der Waals surface area contributed by atoms with E-state index in [2.05, 4.69) is 10.3 Å². The summed E-state index contributed by atoms with van der Waals surface area (Å²) in [4.78, 5) is 28.7. The Bertz CT molecular complexity index is 1250. The number of nitrogens with zero attached hydrogens (tertiary/aromatic N) is 2. The zero-order chi connectivity index (χ0) is 21.6. The van der Waals surface area contributed by atoms with E-state index in [0.29, 0.717) is 18.1 Å². The Hall–Kier alpha value is -3.22. The average Bonchev–Trinajstić information content (AvgIpc) is 3.23. The molecular formula is C24H20ClN3O2S. The van der Waals surface area contributed by atoms with Crippen LogP contribution in [0.2, 0.25) is 5.02 Å². The van der Waals surface area contributed by atoms with Gasteiger partial charge in [-0.3, -0.25) is 9.59 Å². The summed E-state index contributed by atoms with van der Waals surface area (Å²) in [5, 5.41) is 6.27. The lowest BCUT2D eigenvalue weighted by Crippen LogP contribution is -2.24. The van der Waals surface area contributed by atoms with Crippen molar-refractivity contribution in [1.82, 2.24) is 14.9 Å². The van der Waals surface area contributed by atoms with Crippen LogP contribution in [0.15, 0.2) is 83.1 Å². The Balaban J connectivity index is 1.31. The van der Waals surface area contributed by atoms with E-state index in [1.807, 2.05) is 60.0 Å². The molecule has 0 saturated heterocycles. The second kappa shape index (κ2) is 9.73. The molecule has 0 atom stereocenters. The third kappa shape index (κ3) is 5.48. The van der Waals surface area contributed by atoms with E-state index >= 15 is 0 Å². The number of benzene rings is 2. The Kier molecular flexibility index (Phi) is 6.60. The summed E-state index contributed by atoms with van der Waals surface area (Å²) in [5.41, 5.74) is 3.59. The van der Waals surface area contributed by atoms with E-state index in [1.165, 1.54) is 11.3 Å². The molecule has 156 valence electrons. The molecule has 2 heterocycles. The minimum atomic E-state index is -0.0871. The molecule has 0 aliphatic carbocycles. The van der Waals surface area contributed by atoms with Gasteiger partial charge in [0.15, 0.2) is 0 Å². The maximum absolute atomic E-state index is 12.3. The average molecular weight is 450 g/mol. The van der Waals surface area contributed by atoms with Crippen LogP contribution < -0.4 is 10.9 Å². The predicted octanol–water partition coefficient (Wildman–Crippen LogP) is 4.53.